The second kappa shape index (κ2) is 10.2. The fourth-order valence-corrected chi connectivity index (χ4v) is 4.25. The van der Waals surface area contributed by atoms with Crippen LogP contribution in [-0.2, 0) is 4.79 Å². The number of piperidine rings is 1. The summed E-state index contributed by atoms with van der Waals surface area (Å²) in [5, 5.41) is 23.6. The van der Waals surface area contributed by atoms with Crippen molar-refractivity contribution in [2.45, 2.75) is 50.6 Å². The summed E-state index contributed by atoms with van der Waals surface area (Å²) in [5.41, 5.74) is 5.66. The van der Waals surface area contributed by atoms with Crippen LogP contribution in [-0.4, -0.2) is 46.8 Å². The number of nitrogens with two attached hydrogens (primary N) is 1. The predicted octanol–water partition coefficient (Wildman–Crippen LogP) is 2.12. The first-order valence-electron chi connectivity index (χ1n) is 10.3. The van der Waals surface area contributed by atoms with Crippen LogP contribution in [0.1, 0.15) is 38.5 Å². The number of carbonyl (C=O) groups is 1. The molecule has 1 saturated heterocycles. The van der Waals surface area contributed by atoms with Gasteiger partial charge in [0.15, 0.2) is 0 Å². The van der Waals surface area contributed by atoms with Gasteiger partial charge in [0.1, 0.15) is 5.84 Å². The van der Waals surface area contributed by atoms with E-state index in [4.69, 9.17) is 11.1 Å². The Balaban J connectivity index is 1.63. The molecule has 1 saturated carbocycles. The number of hydrogen-bond acceptors (Lipinski definition) is 6. The number of amides is 1. The summed E-state index contributed by atoms with van der Waals surface area (Å²) in [4.78, 5) is 17.8. The monoisotopic (exact) mass is 413 g/mol. The molecule has 1 aromatic rings. The summed E-state index contributed by atoms with van der Waals surface area (Å²) in [6.45, 7) is 2.20. The number of nitriles is 1. The van der Waals surface area contributed by atoms with E-state index < -0.39 is 11.9 Å². The highest BCUT2D eigenvalue weighted by Gasteiger charge is 2.33. The number of likely N-dealkylation sites (tertiary alicyclic amines) is 1. The molecule has 0 radical (unpaired) electrons. The number of carbonyl (C=O) groups excluding carboxylic acids is 1. The molecule has 2 fully saturated rings. The van der Waals surface area contributed by atoms with Crippen LogP contribution in [0, 0.1) is 28.6 Å². The standard InChI is InChI=1S/C21H28FN7O/c22-19-11-15(6-7-26-19)28-20(24)17(21(25)30)13-27-18-5-4-16(10-14(18)12-23)29-8-2-1-3-9-29/h6-7,11,13-14,16,18,27H,1-5,8-10H2,(H2,25,30)(H2,24,26,28)/b17-13+/t14-,16-,18+/m1/s1. The lowest BCUT2D eigenvalue weighted by atomic mass is 9.81. The second-order valence-corrected chi connectivity index (χ2v) is 7.86. The first-order chi connectivity index (χ1) is 14.5. The molecule has 1 aliphatic carbocycles. The lowest BCUT2D eigenvalue weighted by molar-refractivity contribution is -0.114. The van der Waals surface area contributed by atoms with E-state index in [2.05, 4.69) is 26.6 Å². The maximum Gasteiger partial charge on any atom is 0.253 e. The van der Waals surface area contributed by atoms with Gasteiger partial charge in [0, 0.05) is 36.2 Å². The molecule has 2 heterocycles. The minimum atomic E-state index is -0.787. The van der Waals surface area contributed by atoms with Crippen LogP contribution >= 0.6 is 0 Å². The van der Waals surface area contributed by atoms with Crippen molar-refractivity contribution >= 4 is 17.4 Å². The van der Waals surface area contributed by atoms with E-state index in [1.807, 2.05) is 0 Å². The molecule has 3 atom stereocenters. The SMILES string of the molecule is N#C[C@H]1C[C@H](N2CCCCC2)CC[C@@H]1N/C=C(\C(=N)Nc1ccnc(F)c1)C(N)=O. The second-order valence-electron chi connectivity index (χ2n) is 7.86. The van der Waals surface area contributed by atoms with Gasteiger partial charge in [0.05, 0.1) is 17.6 Å². The van der Waals surface area contributed by atoms with Crippen molar-refractivity contribution < 1.29 is 9.18 Å². The highest BCUT2D eigenvalue weighted by Crippen LogP contribution is 2.29. The van der Waals surface area contributed by atoms with Gasteiger partial charge in [-0.2, -0.15) is 9.65 Å². The quantitative estimate of drug-likeness (QED) is 0.244. The summed E-state index contributed by atoms with van der Waals surface area (Å²) in [6.07, 6.45) is 8.95. The van der Waals surface area contributed by atoms with Gasteiger partial charge in [0.25, 0.3) is 5.91 Å². The molecular weight excluding hydrogens is 385 g/mol. The maximum absolute atomic E-state index is 13.2. The van der Waals surface area contributed by atoms with Crippen LogP contribution in [0.5, 0.6) is 0 Å². The Morgan fingerprint density at radius 2 is 2.13 bits per heavy atom. The molecule has 1 amide bonds. The number of aromatic nitrogens is 1. The Hall–Kier alpha value is -2.99. The third-order valence-electron chi connectivity index (χ3n) is 5.87. The van der Waals surface area contributed by atoms with Crippen LogP contribution < -0.4 is 16.4 Å². The zero-order valence-corrected chi connectivity index (χ0v) is 16.9. The number of amidine groups is 1. The third-order valence-corrected chi connectivity index (χ3v) is 5.87. The number of pyridine rings is 1. The summed E-state index contributed by atoms with van der Waals surface area (Å²) in [6, 6.07) is 5.31. The van der Waals surface area contributed by atoms with Crippen LogP contribution in [0.25, 0.3) is 0 Å². The Morgan fingerprint density at radius 1 is 1.37 bits per heavy atom. The van der Waals surface area contributed by atoms with Crippen molar-refractivity contribution in [2.24, 2.45) is 11.7 Å². The van der Waals surface area contributed by atoms with Crippen LogP contribution in [0.3, 0.4) is 0 Å². The number of rotatable bonds is 6. The zero-order valence-electron chi connectivity index (χ0n) is 16.9. The van der Waals surface area contributed by atoms with Gasteiger partial charge in [-0.3, -0.25) is 10.2 Å². The van der Waals surface area contributed by atoms with Gasteiger partial charge >= 0.3 is 0 Å². The molecule has 30 heavy (non-hydrogen) atoms. The molecule has 5 N–H and O–H groups in total. The first-order valence-corrected chi connectivity index (χ1v) is 10.3. The molecule has 0 bridgehead atoms. The molecular formula is C21H28FN7O. The number of primary amides is 1. The van der Waals surface area contributed by atoms with Crippen molar-refractivity contribution in [3.05, 3.63) is 36.1 Å². The van der Waals surface area contributed by atoms with Crippen molar-refractivity contribution in [2.75, 3.05) is 18.4 Å². The summed E-state index contributed by atoms with van der Waals surface area (Å²) < 4.78 is 13.2. The van der Waals surface area contributed by atoms with Gasteiger partial charge in [0.2, 0.25) is 5.95 Å². The zero-order chi connectivity index (χ0) is 21.5. The highest BCUT2D eigenvalue weighted by atomic mass is 19.1. The van der Waals surface area contributed by atoms with Gasteiger partial charge in [-0.05, 0) is 51.3 Å². The Kier molecular flexibility index (Phi) is 7.36. The average molecular weight is 414 g/mol. The largest absolute Gasteiger partial charge is 0.386 e. The Bertz CT molecular complexity index is 844. The summed E-state index contributed by atoms with van der Waals surface area (Å²) in [5.74, 6) is -1.92. The van der Waals surface area contributed by atoms with Crippen LogP contribution in [0.15, 0.2) is 30.1 Å². The number of nitrogens with zero attached hydrogens (tertiary/aromatic N) is 3. The van der Waals surface area contributed by atoms with Crippen LogP contribution in [0.4, 0.5) is 10.1 Å². The lowest BCUT2D eigenvalue weighted by Crippen LogP contribution is -2.47. The Labute approximate surface area is 175 Å². The van der Waals surface area contributed by atoms with E-state index in [1.165, 1.54) is 37.7 Å². The molecule has 9 heteroatoms. The minimum absolute atomic E-state index is 0.0675. The molecule has 0 unspecified atom stereocenters. The van der Waals surface area contributed by atoms with E-state index in [9.17, 15) is 14.4 Å². The molecule has 2 aliphatic rings. The lowest BCUT2D eigenvalue weighted by Gasteiger charge is -2.40. The predicted molar refractivity (Wildman–Crippen MR) is 112 cm³/mol. The summed E-state index contributed by atoms with van der Waals surface area (Å²) >= 11 is 0. The third kappa shape index (κ3) is 5.54. The van der Waals surface area contributed by atoms with Gasteiger partial charge < -0.3 is 21.3 Å². The van der Waals surface area contributed by atoms with E-state index in [-0.39, 0.29) is 29.1 Å². The molecule has 0 aromatic carbocycles. The van der Waals surface area contributed by atoms with Gasteiger partial charge in [-0.15, -0.1) is 0 Å². The molecule has 1 aromatic heterocycles. The molecule has 8 nitrogen and oxygen atoms in total. The number of hydrogen-bond donors (Lipinski definition) is 4. The summed E-state index contributed by atoms with van der Waals surface area (Å²) in [7, 11) is 0. The first kappa shape index (κ1) is 21.7. The Morgan fingerprint density at radius 3 is 2.80 bits per heavy atom. The van der Waals surface area contributed by atoms with E-state index in [1.54, 1.807) is 0 Å². The fourth-order valence-electron chi connectivity index (χ4n) is 4.25. The molecule has 160 valence electrons. The number of anilines is 1. The highest BCUT2D eigenvalue weighted by molar-refractivity contribution is 6.23. The van der Waals surface area contributed by atoms with E-state index in [0.29, 0.717) is 6.04 Å². The van der Waals surface area contributed by atoms with Crippen molar-refractivity contribution in [1.29, 1.82) is 10.7 Å². The van der Waals surface area contributed by atoms with Crippen molar-refractivity contribution in [3.63, 3.8) is 0 Å². The fraction of sp³-hybridized carbons (Fsp3) is 0.524. The topological polar surface area (TPSA) is 131 Å². The van der Waals surface area contributed by atoms with Gasteiger partial charge in [-0.1, -0.05) is 6.42 Å². The maximum atomic E-state index is 13.2. The van der Waals surface area contributed by atoms with E-state index >= 15 is 0 Å². The number of nitrogens with one attached hydrogen (secondary N) is 3. The molecule has 0 spiro atoms. The van der Waals surface area contributed by atoms with Crippen LogP contribution in [0.2, 0.25) is 0 Å². The average Bonchev–Trinajstić information content (AvgIpc) is 2.74. The van der Waals surface area contributed by atoms with Crippen molar-refractivity contribution in [3.8, 4) is 6.07 Å². The van der Waals surface area contributed by atoms with Gasteiger partial charge in [-0.25, -0.2) is 4.98 Å². The molecule has 3 rings (SSSR count). The minimum Gasteiger partial charge on any atom is -0.386 e. The smallest absolute Gasteiger partial charge is 0.253 e. The molecule has 1 aliphatic heterocycles. The number of halogens is 1. The normalized spacial score (nSPS) is 25.2. The van der Waals surface area contributed by atoms with E-state index in [0.717, 1.165) is 38.4 Å². The van der Waals surface area contributed by atoms with Crippen molar-refractivity contribution in [1.82, 2.24) is 15.2 Å².